The van der Waals surface area contributed by atoms with E-state index in [0.29, 0.717) is 22.4 Å². The number of hydrogen-bond donors (Lipinski definition) is 0. The smallest absolute Gasteiger partial charge is 0.166 e. The van der Waals surface area contributed by atoms with Gasteiger partial charge in [0.05, 0.1) is 102 Å². The summed E-state index contributed by atoms with van der Waals surface area (Å²) in [6.45, 7) is 1.22. The van der Waals surface area contributed by atoms with Crippen LogP contribution >= 0.6 is 0 Å². The Balaban J connectivity index is 0.000000181. The third-order valence-corrected chi connectivity index (χ3v) is 21.0. The van der Waals surface area contributed by atoms with Gasteiger partial charge in [0.1, 0.15) is 6.07 Å². The Bertz CT molecular complexity index is 9500. The van der Waals surface area contributed by atoms with Crippen molar-refractivity contribution in [2.75, 3.05) is 0 Å². The molecule has 121 heavy (non-hydrogen) atoms. The summed E-state index contributed by atoms with van der Waals surface area (Å²) in [6.07, 6.45) is -5.16. The minimum Gasteiger partial charge on any atom is -0.309 e. The largest absolute Gasteiger partial charge is 0.309 e. The van der Waals surface area contributed by atoms with Gasteiger partial charge in [0.25, 0.3) is 0 Å². The fraction of sp³-hybridized carbons (Fsp3) is 0.0467. The lowest BCUT2D eigenvalue weighted by Crippen LogP contribution is -2.07. The summed E-state index contributed by atoms with van der Waals surface area (Å²) < 4.78 is 271. The minimum absolute atomic E-state index is 0.00645. The van der Waals surface area contributed by atoms with E-state index in [2.05, 4.69) is 25.6 Å². The number of fused-ring (bicyclic) bond motifs is 13. The molecule has 4 unspecified atom stereocenters. The number of aromatic nitrogens is 13. The molecule has 0 fully saturated rings. The monoisotopic (exact) mass is 1580 g/mol. The van der Waals surface area contributed by atoms with Gasteiger partial charge >= 0.3 is 0 Å². The molecule has 570 valence electrons. The molecule has 0 saturated heterocycles. The maximum Gasteiger partial charge on any atom is 0.166 e. The van der Waals surface area contributed by atoms with Crippen LogP contribution in [0.5, 0.6) is 0 Å². The summed E-state index contributed by atoms with van der Waals surface area (Å²) in [5.41, 5.74) is 6.06. The minimum atomic E-state index is -2.17. The molecular weight excluding hydrogens is 1480 g/mol. The number of hydrogen-bond acceptors (Lipinski definition) is 10. The van der Waals surface area contributed by atoms with Gasteiger partial charge in [-0.1, -0.05) is 298 Å². The molecule has 0 radical (unpaired) electrons. The van der Waals surface area contributed by atoms with Crippen LogP contribution in [0.4, 0.5) is 0 Å². The van der Waals surface area contributed by atoms with Crippen LogP contribution in [0, 0.1) is 17.2 Å². The third-order valence-electron chi connectivity index (χ3n) is 21.0. The number of benzene rings is 14. The van der Waals surface area contributed by atoms with Crippen LogP contribution in [0.15, 0.2) is 376 Å². The molecule has 14 heteroatoms. The van der Waals surface area contributed by atoms with E-state index < -0.39 is 251 Å². The average Bonchev–Trinajstić information content (AvgIpc) is 1.54. The molecule has 7 heterocycles. The Labute approximate surface area is 738 Å². The Hall–Kier alpha value is -16.2. The first-order valence-electron chi connectivity index (χ1n) is 53.3. The highest BCUT2D eigenvalue weighted by molar-refractivity contribution is 6.26. The molecular formula is C107H72N14. The van der Waals surface area contributed by atoms with Gasteiger partial charge < -0.3 is 18.3 Å². The molecule has 14 aromatic carbocycles. The second-order valence-electron chi connectivity index (χ2n) is 28.0. The molecule has 14 nitrogen and oxygen atoms in total. The second-order valence-corrected chi connectivity index (χ2v) is 28.0. The molecule has 0 aliphatic heterocycles. The van der Waals surface area contributed by atoms with Gasteiger partial charge in [-0.2, -0.15) is 5.26 Å². The van der Waals surface area contributed by atoms with Crippen LogP contribution in [-0.2, 0) is 0 Å². The number of nitrogens with zero attached hydrogens (tertiary/aromatic N) is 14. The van der Waals surface area contributed by atoms with E-state index in [4.69, 9.17) is 64.2 Å². The van der Waals surface area contributed by atoms with Crippen molar-refractivity contribution in [2.45, 2.75) is 26.1 Å². The lowest BCUT2D eigenvalue weighted by molar-refractivity contribution is 0.738. The Kier molecular flexibility index (Phi) is 11.6. The number of rotatable bonds is 13. The number of nitriles is 1. The summed E-state index contributed by atoms with van der Waals surface area (Å²) in [7, 11) is 0. The Morgan fingerprint density at radius 2 is 0.785 bits per heavy atom. The van der Waals surface area contributed by atoms with Crippen molar-refractivity contribution in [1.82, 2.24) is 63.1 Å². The Morgan fingerprint density at radius 1 is 0.364 bits per heavy atom. The molecule has 4 atom stereocenters. The summed E-state index contributed by atoms with van der Waals surface area (Å²) in [6, 6.07) is 53.3. The SMILES string of the molecule is [2H]C1=C([2H])C([2H])C([2H])C(c2nc(-c3ccc(-n4c5ccccc5c5ccc6c(c7ccccc7n6-c6ccccc6)c54)c(-c4nc(C5=C([2H])C([2H])(C)C([2H])C([2H])=C5[2H])nc(-c5c([2H])c([2H])c([2H])c([2H])c5[2H])n4)c3)nc(-c3c([2H])c([2H])c([2H])c([2H])c3[2H])n2)=C1[2H].[2H]c1c([2H])c([2H])c(-c2nc(-c3cc(C#N)c(-n4c5ccccc5c5ccccc54)cc3-n3c4ccccc4c4ccccc43)nc(-c3c([2H])c([2H])c([2H])c([2H])c3[2H])n2)c([2H])c1[2H]. The van der Waals surface area contributed by atoms with Gasteiger partial charge in [-0.05, 0) is 116 Å². The van der Waals surface area contributed by atoms with Gasteiger partial charge in [0.15, 0.2) is 52.4 Å². The van der Waals surface area contributed by atoms with Gasteiger partial charge in [0.2, 0.25) is 0 Å². The van der Waals surface area contributed by atoms with Gasteiger partial charge in [0, 0.05) is 98.8 Å². The highest BCUT2D eigenvalue weighted by atomic mass is 15.1. The van der Waals surface area contributed by atoms with Crippen molar-refractivity contribution in [1.29, 1.82) is 5.26 Å². The van der Waals surface area contributed by atoms with Crippen molar-refractivity contribution in [2.24, 2.45) is 5.89 Å². The zero-order valence-electron chi connectivity index (χ0n) is 93.3. The van der Waals surface area contributed by atoms with Crippen LogP contribution in [0.3, 0.4) is 0 Å². The average molecular weight is 1580 g/mol. The Morgan fingerprint density at radius 3 is 1.31 bits per heavy atom. The van der Waals surface area contributed by atoms with Gasteiger partial charge in [-0.25, -0.2) is 44.9 Å². The van der Waals surface area contributed by atoms with Crippen molar-refractivity contribution < 1.29 is 41.1 Å². The quantitative estimate of drug-likeness (QED) is 0.109. The highest BCUT2D eigenvalue weighted by Crippen LogP contribution is 2.47. The summed E-state index contributed by atoms with van der Waals surface area (Å²) in [5, 5.41) is 18.0. The standard InChI is InChI=1S/C61H44N8.C46H28N6/c1-39-19-18-26-43(37-39)59-65-58(42-24-10-4-11-25-42)66-61(67-59)49-38-44(60-63-56(40-20-6-2-7-21-40)62-57(64-60)41-22-8-3-9-23-41)33-35-52(49)69-50-31-16-14-29-46(50)47-34-36-53-54(55(47)69)48-30-15-17-32-51(48)68(53)45-27-12-5-13-28-45;47-29-32-27-37(46-49-44(30-15-3-1-4-16-30)48-45(50-46)31-17-5-2-6-18-31)43(52-40-25-13-9-21-35(40)36-22-10-14-26-41(36)52)28-42(32)51-38-23-11-7-19-33(38)34-20-8-12-24-39(34)51/h2-8,10-18,20-22,24-39H,9,19,23H2,1H3;1-28H/i2D,3D,4D,6D,7D,8D,9D,10D,11D,18D,19D,20D,21D,22D,23D,24D,25D,26D,37D,39D;1D,2D,3D,4D,5D,6D,15D,16D,17D,18D. The second kappa shape index (κ2) is 30.1. The van der Waals surface area contributed by atoms with E-state index in [9.17, 15) is 12.1 Å². The molecule has 2 aliphatic carbocycles. The maximum absolute atomic E-state index is 11.0. The van der Waals surface area contributed by atoms with E-state index in [1.54, 1.807) is 18.2 Å². The normalized spacial score (nSPS) is 19.8. The zero-order chi connectivity index (χ0) is 107. The lowest BCUT2D eigenvalue weighted by Gasteiger charge is -2.18. The van der Waals surface area contributed by atoms with Crippen LogP contribution in [0.25, 0.3) is 201 Å². The third kappa shape index (κ3) is 12.6. The van der Waals surface area contributed by atoms with Crippen LogP contribution in [0.2, 0.25) is 0 Å². The molecule has 21 aromatic rings. The highest BCUT2D eigenvalue weighted by Gasteiger charge is 2.29. The molecule has 0 amide bonds. The van der Waals surface area contributed by atoms with E-state index in [1.807, 2.05) is 208 Å². The van der Waals surface area contributed by atoms with Crippen molar-refractivity contribution in [3.63, 3.8) is 0 Å². The predicted octanol–water partition coefficient (Wildman–Crippen LogP) is 25.6. The summed E-state index contributed by atoms with van der Waals surface area (Å²) in [5.74, 6) is -6.02. The topological polar surface area (TPSA) is 160 Å². The van der Waals surface area contributed by atoms with Crippen LogP contribution in [0.1, 0.15) is 84.4 Å². The summed E-state index contributed by atoms with van der Waals surface area (Å²) >= 11 is 0. The first-order valence-corrected chi connectivity index (χ1v) is 38.1. The molecule has 0 N–H and O–H groups in total. The first kappa shape index (κ1) is 46.5. The molecule has 0 bridgehead atoms. The van der Waals surface area contributed by atoms with E-state index in [1.165, 1.54) is 13.0 Å². The lowest BCUT2D eigenvalue weighted by atomic mass is 9.97. The van der Waals surface area contributed by atoms with Crippen molar-refractivity contribution >= 4 is 98.4 Å². The predicted molar refractivity (Wildman–Crippen MR) is 490 cm³/mol. The molecule has 7 aromatic heterocycles. The maximum atomic E-state index is 11.0. The molecule has 0 spiro atoms. The fourth-order valence-electron chi connectivity index (χ4n) is 15.9. The van der Waals surface area contributed by atoms with E-state index in [-0.39, 0.29) is 45.4 Å². The molecule has 23 rings (SSSR count). The fourth-order valence-corrected chi connectivity index (χ4v) is 15.9. The summed E-state index contributed by atoms with van der Waals surface area (Å²) in [4.78, 5) is 42.5. The van der Waals surface area contributed by atoms with Crippen molar-refractivity contribution in [3.8, 4) is 109 Å². The molecule has 0 saturated carbocycles. The van der Waals surface area contributed by atoms with E-state index in [0.717, 1.165) is 81.9 Å². The van der Waals surface area contributed by atoms with Crippen molar-refractivity contribution in [3.05, 3.63) is 393 Å². The van der Waals surface area contributed by atoms with Crippen LogP contribution in [-0.4, -0.2) is 63.1 Å². The van der Waals surface area contributed by atoms with Crippen LogP contribution < -0.4 is 0 Å². The zero-order valence-corrected chi connectivity index (χ0v) is 63.3. The van der Waals surface area contributed by atoms with E-state index >= 15 is 0 Å². The number of para-hydroxylation sites is 7. The number of allylic oxidation sites excluding steroid dienone is 8. The van der Waals surface area contributed by atoms with Gasteiger partial charge in [-0.15, -0.1) is 0 Å². The molecule has 2 aliphatic rings. The van der Waals surface area contributed by atoms with Gasteiger partial charge in [-0.3, -0.25) is 0 Å². The first-order chi connectivity index (χ1) is 72.2.